The lowest BCUT2D eigenvalue weighted by atomic mass is 10.2. The second-order valence-corrected chi connectivity index (χ2v) is 6.03. The van der Waals surface area contributed by atoms with E-state index in [0.717, 1.165) is 0 Å². The molecule has 2 aromatic rings. The third kappa shape index (κ3) is 1.51. The molecule has 0 radical (unpaired) electrons. The molecule has 0 N–H and O–H groups in total. The molecule has 1 heterocycles. The van der Waals surface area contributed by atoms with E-state index in [-0.39, 0.29) is 10.7 Å². The van der Waals surface area contributed by atoms with Crippen molar-refractivity contribution in [1.82, 2.24) is 3.97 Å². The number of benzene rings is 1. The van der Waals surface area contributed by atoms with Crippen molar-refractivity contribution < 1.29 is 13.2 Å². The first kappa shape index (κ1) is 11.2. The molecule has 0 fully saturated rings. The molecule has 92 valence electrons. The summed E-state index contributed by atoms with van der Waals surface area (Å²) < 4.78 is 26.1. The fourth-order valence-corrected chi connectivity index (χ4v) is 3.67. The normalized spacial score (nSPS) is 14.8. The van der Waals surface area contributed by atoms with Gasteiger partial charge in [-0.3, -0.25) is 4.79 Å². The maximum Gasteiger partial charge on any atom is 0.267 e. The second-order valence-electron chi connectivity index (χ2n) is 4.21. The molecule has 0 bridgehead atoms. The molecule has 0 saturated heterocycles. The van der Waals surface area contributed by atoms with E-state index < -0.39 is 10.0 Å². The monoisotopic (exact) mass is 261 g/mol. The van der Waals surface area contributed by atoms with Crippen LogP contribution in [0.2, 0.25) is 0 Å². The highest BCUT2D eigenvalue weighted by molar-refractivity contribution is 7.90. The van der Waals surface area contributed by atoms with E-state index in [2.05, 4.69) is 0 Å². The predicted molar refractivity (Wildman–Crippen MR) is 66.1 cm³/mol. The van der Waals surface area contributed by atoms with Crippen LogP contribution in [0.25, 0.3) is 0 Å². The molecule has 0 amide bonds. The highest BCUT2D eigenvalue weighted by Gasteiger charge is 2.28. The van der Waals surface area contributed by atoms with Crippen molar-refractivity contribution in [3.05, 3.63) is 53.9 Å². The van der Waals surface area contributed by atoms with Crippen LogP contribution in [0.3, 0.4) is 0 Å². The third-order valence-corrected chi connectivity index (χ3v) is 4.87. The average molecular weight is 261 g/mol. The van der Waals surface area contributed by atoms with Gasteiger partial charge in [0.15, 0.2) is 5.78 Å². The summed E-state index contributed by atoms with van der Waals surface area (Å²) in [6.45, 7) is 0. The smallest absolute Gasteiger partial charge is 0.267 e. The summed E-state index contributed by atoms with van der Waals surface area (Å²) in [6.07, 6.45) is 2.35. The molecule has 0 unspecified atom stereocenters. The average Bonchev–Trinajstić information content (AvgIpc) is 2.94. The topological polar surface area (TPSA) is 56.1 Å². The van der Waals surface area contributed by atoms with Crippen molar-refractivity contribution in [3.63, 3.8) is 0 Å². The van der Waals surface area contributed by atoms with E-state index in [4.69, 9.17) is 0 Å². The molecule has 4 nitrogen and oxygen atoms in total. The van der Waals surface area contributed by atoms with Crippen molar-refractivity contribution in [2.45, 2.75) is 17.7 Å². The summed E-state index contributed by atoms with van der Waals surface area (Å²) in [6, 6.07) is 9.83. The summed E-state index contributed by atoms with van der Waals surface area (Å²) in [5.74, 6) is 0.0204. The summed E-state index contributed by atoms with van der Waals surface area (Å²) in [5, 5.41) is 0. The largest absolute Gasteiger partial charge is 0.294 e. The Bertz CT molecular complexity index is 714. The van der Waals surface area contributed by atoms with Crippen molar-refractivity contribution in [3.8, 4) is 0 Å². The van der Waals surface area contributed by atoms with Gasteiger partial charge in [-0.15, -0.1) is 0 Å². The number of hydrogen-bond acceptors (Lipinski definition) is 3. The van der Waals surface area contributed by atoms with Gasteiger partial charge in [-0.2, -0.15) is 0 Å². The highest BCUT2D eigenvalue weighted by atomic mass is 32.2. The maximum atomic E-state index is 12.4. The lowest BCUT2D eigenvalue weighted by molar-refractivity contribution is 0.0994. The molecule has 0 atom stereocenters. The molecule has 18 heavy (non-hydrogen) atoms. The van der Waals surface area contributed by atoms with Gasteiger partial charge in [-0.1, -0.05) is 18.2 Å². The van der Waals surface area contributed by atoms with Crippen LogP contribution >= 0.6 is 0 Å². The number of fused-ring (bicyclic) bond motifs is 1. The summed E-state index contributed by atoms with van der Waals surface area (Å²) in [4.78, 5) is 11.8. The van der Waals surface area contributed by atoms with E-state index in [1.165, 1.54) is 10.2 Å². The van der Waals surface area contributed by atoms with Gasteiger partial charge in [0.1, 0.15) is 0 Å². The summed E-state index contributed by atoms with van der Waals surface area (Å²) in [7, 11) is -3.58. The Morgan fingerprint density at radius 2 is 1.72 bits per heavy atom. The molecular weight excluding hydrogens is 250 g/mol. The summed E-state index contributed by atoms with van der Waals surface area (Å²) >= 11 is 0. The molecule has 0 saturated carbocycles. The number of ketones is 1. The van der Waals surface area contributed by atoms with Crippen molar-refractivity contribution in [2.75, 3.05) is 0 Å². The first-order valence-corrected chi connectivity index (χ1v) is 7.09. The van der Waals surface area contributed by atoms with Crippen LogP contribution in [-0.4, -0.2) is 18.2 Å². The quantitative estimate of drug-likeness (QED) is 0.829. The van der Waals surface area contributed by atoms with Crippen molar-refractivity contribution >= 4 is 15.8 Å². The van der Waals surface area contributed by atoms with Crippen molar-refractivity contribution in [2.24, 2.45) is 0 Å². The van der Waals surface area contributed by atoms with Gasteiger partial charge >= 0.3 is 0 Å². The van der Waals surface area contributed by atoms with Gasteiger partial charge in [0.25, 0.3) is 10.0 Å². The molecule has 0 spiro atoms. The molecule has 3 rings (SSSR count). The number of aromatic nitrogens is 1. The van der Waals surface area contributed by atoms with Gasteiger partial charge in [-0.05, 0) is 24.6 Å². The maximum absolute atomic E-state index is 12.4. The number of carbonyl (C=O) groups excluding carboxylic acids is 1. The van der Waals surface area contributed by atoms with Gasteiger partial charge in [0, 0.05) is 23.9 Å². The Balaban J connectivity index is 2.17. The zero-order valence-electron chi connectivity index (χ0n) is 9.54. The fourth-order valence-electron chi connectivity index (χ4n) is 2.24. The Hall–Kier alpha value is -1.88. The fraction of sp³-hybridized carbons (Fsp3) is 0.154. The molecule has 1 aliphatic rings. The van der Waals surface area contributed by atoms with E-state index in [0.29, 0.717) is 24.1 Å². The van der Waals surface area contributed by atoms with Crippen LogP contribution in [-0.2, 0) is 16.4 Å². The Kier molecular flexibility index (Phi) is 2.38. The third-order valence-electron chi connectivity index (χ3n) is 3.14. The number of Topliss-reactive ketones (excluding diaryl/α,β-unsaturated/α-hetero) is 1. The minimum Gasteiger partial charge on any atom is -0.294 e. The Morgan fingerprint density at radius 3 is 2.44 bits per heavy atom. The summed E-state index contributed by atoms with van der Waals surface area (Å²) in [5.41, 5.74) is 1.14. The Labute approximate surface area is 105 Å². The number of rotatable bonds is 2. The number of nitrogens with zero attached hydrogens (tertiary/aromatic N) is 1. The van der Waals surface area contributed by atoms with E-state index >= 15 is 0 Å². The number of hydrogen-bond donors (Lipinski definition) is 0. The van der Waals surface area contributed by atoms with Gasteiger partial charge < -0.3 is 0 Å². The van der Waals surface area contributed by atoms with Crippen LogP contribution in [0.1, 0.15) is 22.5 Å². The number of carbonyl (C=O) groups is 1. The molecular formula is C13H11NO3S. The molecule has 0 aliphatic heterocycles. The highest BCUT2D eigenvalue weighted by Crippen LogP contribution is 2.26. The Morgan fingerprint density at radius 1 is 1.00 bits per heavy atom. The van der Waals surface area contributed by atoms with Crippen LogP contribution in [0.4, 0.5) is 0 Å². The lowest BCUT2D eigenvalue weighted by Gasteiger charge is -2.08. The molecule has 1 aromatic carbocycles. The zero-order valence-corrected chi connectivity index (χ0v) is 10.4. The van der Waals surface area contributed by atoms with Crippen LogP contribution in [0, 0.1) is 0 Å². The van der Waals surface area contributed by atoms with Gasteiger partial charge in [0.05, 0.1) is 4.90 Å². The lowest BCUT2D eigenvalue weighted by Crippen LogP contribution is -2.14. The van der Waals surface area contributed by atoms with Gasteiger partial charge in [0.2, 0.25) is 0 Å². The molecule has 5 heteroatoms. The van der Waals surface area contributed by atoms with Gasteiger partial charge in [-0.25, -0.2) is 12.4 Å². The molecule has 1 aromatic heterocycles. The second kappa shape index (κ2) is 3.81. The van der Waals surface area contributed by atoms with Crippen molar-refractivity contribution in [1.29, 1.82) is 0 Å². The minimum absolute atomic E-state index is 0.0204. The first-order valence-electron chi connectivity index (χ1n) is 5.65. The van der Waals surface area contributed by atoms with Crippen LogP contribution < -0.4 is 0 Å². The zero-order chi connectivity index (χ0) is 12.8. The van der Waals surface area contributed by atoms with E-state index in [1.807, 2.05) is 0 Å². The standard InChI is InChI=1S/C13H11NO3S/c15-13-7-6-12-11(13)8-9-14(12)18(16,17)10-4-2-1-3-5-10/h1-5,8-9H,6-7H2. The van der Waals surface area contributed by atoms with E-state index in [9.17, 15) is 13.2 Å². The first-order chi connectivity index (χ1) is 8.60. The van der Waals surface area contributed by atoms with Crippen LogP contribution in [0.15, 0.2) is 47.5 Å². The van der Waals surface area contributed by atoms with E-state index in [1.54, 1.807) is 36.4 Å². The van der Waals surface area contributed by atoms with Crippen LogP contribution in [0.5, 0.6) is 0 Å². The predicted octanol–water partition coefficient (Wildman–Crippen LogP) is 1.85. The minimum atomic E-state index is -3.58. The SMILES string of the molecule is O=C1CCc2c1ccn2S(=O)(=O)c1ccccc1. The molecule has 1 aliphatic carbocycles.